The van der Waals surface area contributed by atoms with E-state index in [0.29, 0.717) is 5.69 Å². The predicted octanol–water partition coefficient (Wildman–Crippen LogP) is 1.63. The molecule has 4 N–H and O–H groups in total. The van der Waals surface area contributed by atoms with Gasteiger partial charge in [-0.3, -0.25) is 4.94 Å². The van der Waals surface area contributed by atoms with Gasteiger partial charge in [-0.1, -0.05) is 11.6 Å². The maximum absolute atomic E-state index is 13.0. The summed E-state index contributed by atoms with van der Waals surface area (Å²) in [5.41, 5.74) is 8.19. The van der Waals surface area contributed by atoms with Crippen LogP contribution in [0.15, 0.2) is 40.0 Å². The van der Waals surface area contributed by atoms with Crippen LogP contribution in [0.25, 0.3) is 0 Å². The summed E-state index contributed by atoms with van der Waals surface area (Å²) in [6.07, 6.45) is 0. The second-order valence-corrected chi connectivity index (χ2v) is 3.65. The van der Waals surface area contributed by atoms with E-state index in [2.05, 4.69) is 26.1 Å². The van der Waals surface area contributed by atoms with Crippen LogP contribution in [0.5, 0.6) is 0 Å². The average molecular weight is 272 g/mol. The highest BCUT2D eigenvalue weighted by Gasteiger charge is 2.18. The minimum absolute atomic E-state index is 0.0368. The van der Waals surface area contributed by atoms with Crippen LogP contribution in [-0.4, -0.2) is 5.84 Å². The van der Waals surface area contributed by atoms with Crippen molar-refractivity contribution in [2.75, 3.05) is 5.32 Å². The smallest absolute Gasteiger partial charge is 0.205 e. The van der Waals surface area contributed by atoms with Gasteiger partial charge in [-0.25, -0.2) is 4.39 Å². The fraction of sp³-hybridized carbons (Fsp3) is 0. The quantitative estimate of drug-likeness (QED) is 0.725. The lowest BCUT2D eigenvalue weighted by molar-refractivity contribution is 0.0899. The fourth-order valence-corrected chi connectivity index (χ4v) is 1.41. The Morgan fingerprint density at radius 3 is 2.94 bits per heavy atom. The Balaban J connectivity index is 2.29. The molecule has 1 aromatic carbocycles. The van der Waals surface area contributed by atoms with Crippen LogP contribution >= 0.6 is 11.6 Å². The zero-order chi connectivity index (χ0) is 13.1. The molecule has 0 spiro atoms. The van der Waals surface area contributed by atoms with E-state index in [1.807, 2.05) is 0 Å². The number of nitrogens with one attached hydrogen (secondary N) is 2. The van der Waals surface area contributed by atoms with Gasteiger partial charge in [-0.2, -0.15) is 5.48 Å². The summed E-state index contributed by atoms with van der Waals surface area (Å²) in [6, 6.07) is 3.83. The summed E-state index contributed by atoms with van der Waals surface area (Å²) in [7, 11) is 0. The van der Waals surface area contributed by atoms with Crippen LogP contribution < -0.4 is 16.5 Å². The van der Waals surface area contributed by atoms with Gasteiger partial charge in [0.05, 0.1) is 5.02 Å². The van der Waals surface area contributed by atoms with Crippen molar-refractivity contribution >= 4 is 23.1 Å². The number of hydrogen-bond donors (Lipinski definition) is 3. The zero-order valence-corrected chi connectivity index (χ0v) is 9.53. The van der Waals surface area contributed by atoms with Crippen LogP contribution in [0.4, 0.5) is 10.1 Å². The van der Waals surface area contributed by atoms with Gasteiger partial charge in [-0.15, -0.1) is 4.91 Å². The van der Waals surface area contributed by atoms with Crippen LogP contribution in [0, 0.1) is 10.7 Å². The molecule has 0 aromatic heterocycles. The Kier molecular flexibility index (Phi) is 3.28. The Morgan fingerprint density at radius 1 is 1.61 bits per heavy atom. The molecule has 18 heavy (non-hydrogen) atoms. The van der Waals surface area contributed by atoms with Crippen molar-refractivity contribution in [2.45, 2.75) is 0 Å². The molecule has 0 aliphatic carbocycles. The fourth-order valence-electron chi connectivity index (χ4n) is 1.23. The monoisotopic (exact) mass is 271 g/mol. The molecule has 1 aromatic rings. The lowest BCUT2D eigenvalue weighted by Gasteiger charge is -2.07. The first-order chi connectivity index (χ1) is 8.61. The Labute approximate surface area is 105 Å². The van der Waals surface area contributed by atoms with E-state index < -0.39 is 5.82 Å². The maximum Gasteiger partial charge on any atom is 0.205 e. The first kappa shape index (κ1) is 12.1. The Hall–Kier alpha value is -2.35. The van der Waals surface area contributed by atoms with E-state index in [-0.39, 0.29) is 22.4 Å². The molecule has 2 rings (SSSR count). The normalized spacial score (nSPS) is 16.4. The van der Waals surface area contributed by atoms with Crippen molar-refractivity contribution < 1.29 is 9.33 Å². The first-order valence-corrected chi connectivity index (χ1v) is 5.05. The molecule has 1 aliphatic heterocycles. The second kappa shape index (κ2) is 4.88. The number of amidine groups is 1. The van der Waals surface area contributed by atoms with Crippen molar-refractivity contribution in [3.8, 4) is 0 Å². The molecule has 0 saturated carbocycles. The average Bonchev–Trinajstić information content (AvgIpc) is 2.77. The molecule has 9 heteroatoms. The van der Waals surface area contributed by atoms with E-state index in [9.17, 15) is 9.30 Å². The summed E-state index contributed by atoms with van der Waals surface area (Å²) in [6.45, 7) is 0. The van der Waals surface area contributed by atoms with Crippen LogP contribution in [-0.2, 0) is 4.94 Å². The third kappa shape index (κ3) is 2.33. The van der Waals surface area contributed by atoms with Crippen LogP contribution in [0.3, 0.4) is 0 Å². The van der Waals surface area contributed by atoms with Crippen molar-refractivity contribution in [2.24, 2.45) is 16.1 Å². The molecule has 0 saturated heterocycles. The van der Waals surface area contributed by atoms with E-state index in [0.717, 1.165) is 6.07 Å². The third-order valence-corrected chi connectivity index (χ3v) is 2.35. The molecule has 0 atom stereocenters. The molecule has 1 aliphatic rings. The number of halogens is 2. The van der Waals surface area contributed by atoms with E-state index in [1.54, 1.807) is 0 Å². The number of rotatable bonds is 3. The lowest BCUT2D eigenvalue weighted by Crippen LogP contribution is -2.21. The SMILES string of the molecule is NC1=NON/C1=C(/N=O)Nc1ccc(F)c(Cl)c1. The molecule has 7 nitrogen and oxygen atoms in total. The van der Waals surface area contributed by atoms with Gasteiger partial charge in [0.1, 0.15) is 5.82 Å². The summed E-state index contributed by atoms with van der Waals surface area (Å²) < 4.78 is 13.0. The van der Waals surface area contributed by atoms with Gasteiger partial charge in [-0.05, 0) is 28.5 Å². The molecule has 94 valence electrons. The van der Waals surface area contributed by atoms with Gasteiger partial charge in [0.15, 0.2) is 11.5 Å². The number of benzene rings is 1. The van der Waals surface area contributed by atoms with Crippen molar-refractivity contribution in [1.82, 2.24) is 5.48 Å². The zero-order valence-electron chi connectivity index (χ0n) is 8.78. The molecule has 0 amide bonds. The second-order valence-electron chi connectivity index (χ2n) is 3.24. The number of nitrogens with zero attached hydrogens (tertiary/aromatic N) is 2. The number of oxime groups is 1. The van der Waals surface area contributed by atoms with E-state index in [1.165, 1.54) is 12.1 Å². The van der Waals surface area contributed by atoms with E-state index >= 15 is 0 Å². The largest absolute Gasteiger partial charge is 0.379 e. The molecular formula is C9H7ClFN5O2. The number of hydroxylamine groups is 1. The van der Waals surface area contributed by atoms with Crippen LogP contribution in [0.1, 0.15) is 0 Å². The van der Waals surface area contributed by atoms with Crippen LogP contribution in [0.2, 0.25) is 5.02 Å². The Bertz CT molecular complexity index is 560. The lowest BCUT2D eigenvalue weighted by atomic mass is 10.3. The van der Waals surface area contributed by atoms with Gasteiger partial charge in [0.2, 0.25) is 5.82 Å². The van der Waals surface area contributed by atoms with Gasteiger partial charge < -0.3 is 11.1 Å². The third-order valence-electron chi connectivity index (χ3n) is 2.06. The molecule has 0 bridgehead atoms. The number of hydrogen-bond acceptors (Lipinski definition) is 7. The van der Waals surface area contributed by atoms with Crippen molar-refractivity contribution in [3.05, 3.63) is 45.5 Å². The summed E-state index contributed by atoms with van der Waals surface area (Å²) in [5.74, 6) is -0.763. The summed E-state index contributed by atoms with van der Waals surface area (Å²) >= 11 is 5.60. The molecule has 0 radical (unpaired) electrons. The highest BCUT2D eigenvalue weighted by molar-refractivity contribution is 6.31. The predicted molar refractivity (Wildman–Crippen MR) is 63.7 cm³/mol. The minimum atomic E-state index is -0.570. The number of anilines is 1. The molecule has 1 heterocycles. The van der Waals surface area contributed by atoms with Gasteiger partial charge in [0.25, 0.3) is 0 Å². The van der Waals surface area contributed by atoms with Gasteiger partial charge in [0, 0.05) is 5.69 Å². The Morgan fingerprint density at radius 2 is 2.39 bits per heavy atom. The molecule has 0 fully saturated rings. The highest BCUT2D eigenvalue weighted by Crippen LogP contribution is 2.21. The van der Waals surface area contributed by atoms with Crippen molar-refractivity contribution in [1.29, 1.82) is 0 Å². The topological polar surface area (TPSA) is 101 Å². The number of nitroso groups, excluding NO2 is 1. The highest BCUT2D eigenvalue weighted by atomic mass is 35.5. The van der Waals surface area contributed by atoms with E-state index in [4.69, 9.17) is 17.3 Å². The molecule has 0 unspecified atom stereocenters. The summed E-state index contributed by atoms with van der Waals surface area (Å²) in [5, 5.41) is 8.63. The number of nitrogens with two attached hydrogens (primary N) is 1. The van der Waals surface area contributed by atoms with Crippen molar-refractivity contribution in [3.63, 3.8) is 0 Å². The standard InChI is InChI=1S/C9H7ClFN5O2/c10-5-3-4(1-2-6(5)11)13-9(14-17)7-8(12)16-18-15-7/h1-3,13,15H,(H2,12,16)/b9-7+. The maximum atomic E-state index is 13.0. The van der Waals surface area contributed by atoms with Gasteiger partial charge >= 0.3 is 0 Å². The minimum Gasteiger partial charge on any atom is -0.379 e. The molecular weight excluding hydrogens is 265 g/mol. The first-order valence-electron chi connectivity index (χ1n) is 4.67. The summed E-state index contributed by atoms with van der Waals surface area (Å²) in [4.78, 5) is 15.2.